The van der Waals surface area contributed by atoms with Crippen LogP contribution in [0.5, 0.6) is 5.75 Å². The second-order valence-corrected chi connectivity index (χ2v) is 7.49. The van der Waals surface area contributed by atoms with E-state index in [9.17, 15) is 4.79 Å². The van der Waals surface area contributed by atoms with Crippen molar-refractivity contribution in [3.05, 3.63) is 83.1 Å². The van der Waals surface area contributed by atoms with Crippen molar-refractivity contribution in [3.8, 4) is 5.75 Å². The number of benzene rings is 2. The molecule has 4 aromatic rings. The number of Topliss-reactive ketones (excluding diaryl/α,β-unsaturated/α-hetero) is 1. The van der Waals surface area contributed by atoms with Crippen molar-refractivity contribution in [2.24, 2.45) is 0 Å². The predicted octanol–water partition coefficient (Wildman–Crippen LogP) is 5.43. The van der Waals surface area contributed by atoms with E-state index in [1.54, 1.807) is 19.4 Å². The number of ketones is 1. The number of nitrogen functional groups attached to an aromatic ring is 1. The summed E-state index contributed by atoms with van der Waals surface area (Å²) < 4.78 is 5.38. The Morgan fingerprint density at radius 2 is 1.97 bits per heavy atom. The number of pyridine rings is 2. The van der Waals surface area contributed by atoms with Gasteiger partial charge in [-0.2, -0.15) is 0 Å². The van der Waals surface area contributed by atoms with Gasteiger partial charge in [-0.05, 0) is 41.6 Å². The Kier molecular flexibility index (Phi) is 6.00. The molecular weight excluding hydrogens is 412 g/mol. The number of hydrogen-bond acceptors (Lipinski definition) is 6. The number of nitrogens with zero attached hydrogens (tertiary/aromatic N) is 2. The summed E-state index contributed by atoms with van der Waals surface area (Å²) in [5.41, 5.74) is 8.12. The minimum atomic E-state index is -0.0539. The van der Waals surface area contributed by atoms with Crippen LogP contribution in [0.2, 0.25) is 5.02 Å². The number of nitrogens with one attached hydrogen (secondary N) is 1. The molecule has 0 spiro atoms. The van der Waals surface area contributed by atoms with Crippen LogP contribution in [0.1, 0.15) is 22.3 Å². The molecule has 3 N–H and O–H groups in total. The first kappa shape index (κ1) is 20.6. The van der Waals surface area contributed by atoms with Gasteiger partial charge in [0.05, 0.1) is 23.4 Å². The van der Waals surface area contributed by atoms with Crippen LogP contribution in [0.15, 0.2) is 67.0 Å². The third-order valence-electron chi connectivity index (χ3n) is 5.02. The molecule has 0 aliphatic heterocycles. The molecule has 2 heterocycles. The average molecular weight is 433 g/mol. The van der Waals surface area contributed by atoms with Crippen LogP contribution < -0.4 is 15.8 Å². The molecule has 0 bridgehead atoms. The summed E-state index contributed by atoms with van der Waals surface area (Å²) in [4.78, 5) is 21.5. The largest absolute Gasteiger partial charge is 0.495 e. The highest BCUT2D eigenvalue weighted by Crippen LogP contribution is 2.29. The summed E-state index contributed by atoms with van der Waals surface area (Å²) in [5.74, 6) is 1.54. The summed E-state index contributed by atoms with van der Waals surface area (Å²) in [5, 5.41) is 5.50. The Morgan fingerprint density at radius 3 is 2.81 bits per heavy atom. The van der Waals surface area contributed by atoms with Crippen molar-refractivity contribution in [1.82, 2.24) is 9.97 Å². The summed E-state index contributed by atoms with van der Waals surface area (Å²) in [6.45, 7) is 0. The zero-order valence-electron chi connectivity index (χ0n) is 16.9. The third kappa shape index (κ3) is 4.59. The van der Waals surface area contributed by atoms with E-state index < -0.39 is 0 Å². The molecule has 0 aliphatic carbocycles. The van der Waals surface area contributed by atoms with Crippen LogP contribution in [0.4, 0.5) is 17.3 Å². The molecule has 4 rings (SSSR count). The molecular formula is C24H21ClN4O2. The molecule has 2 aromatic heterocycles. The number of hydrogen-bond donors (Lipinski definition) is 2. The van der Waals surface area contributed by atoms with Gasteiger partial charge < -0.3 is 15.8 Å². The van der Waals surface area contributed by atoms with Gasteiger partial charge in [0.1, 0.15) is 17.4 Å². The lowest BCUT2D eigenvalue weighted by molar-refractivity contribution is 0.0983. The quantitative estimate of drug-likeness (QED) is 0.378. The number of methoxy groups -OCH3 is 1. The lowest BCUT2D eigenvalue weighted by Gasteiger charge is -2.13. The summed E-state index contributed by atoms with van der Waals surface area (Å²) in [7, 11) is 1.59. The second-order valence-electron chi connectivity index (χ2n) is 7.05. The smallest absolute Gasteiger partial charge is 0.166 e. The van der Waals surface area contributed by atoms with Gasteiger partial charge in [0.25, 0.3) is 0 Å². The fourth-order valence-corrected chi connectivity index (χ4v) is 3.58. The van der Waals surface area contributed by atoms with Gasteiger partial charge in [-0.15, -0.1) is 0 Å². The number of carbonyl (C=O) groups is 1. The maximum Gasteiger partial charge on any atom is 0.166 e. The Hall–Kier alpha value is -3.64. The van der Waals surface area contributed by atoms with E-state index in [0.29, 0.717) is 40.8 Å². The van der Waals surface area contributed by atoms with Crippen LogP contribution in [-0.4, -0.2) is 22.9 Å². The van der Waals surface area contributed by atoms with Crippen molar-refractivity contribution < 1.29 is 9.53 Å². The molecule has 0 saturated carbocycles. The SMILES string of the molecule is COc1ccccc1Nc1ncc(Cl)cc1C(=O)CCc1ccc2c(N)nccc2c1. The van der Waals surface area contributed by atoms with Gasteiger partial charge in [-0.25, -0.2) is 9.97 Å². The highest BCUT2D eigenvalue weighted by molar-refractivity contribution is 6.31. The number of halogens is 1. The summed E-state index contributed by atoms with van der Waals surface area (Å²) in [6, 6.07) is 16.9. The highest BCUT2D eigenvalue weighted by Gasteiger charge is 2.15. The number of nitrogens with two attached hydrogens (primary N) is 1. The van der Waals surface area contributed by atoms with Crippen LogP contribution in [0.3, 0.4) is 0 Å². The number of fused-ring (bicyclic) bond motifs is 1. The first-order valence-electron chi connectivity index (χ1n) is 9.77. The first-order valence-corrected chi connectivity index (χ1v) is 10.1. The molecule has 31 heavy (non-hydrogen) atoms. The zero-order chi connectivity index (χ0) is 21.8. The topological polar surface area (TPSA) is 90.1 Å². The van der Waals surface area contributed by atoms with Crippen LogP contribution in [-0.2, 0) is 6.42 Å². The van der Waals surface area contributed by atoms with Crippen molar-refractivity contribution in [3.63, 3.8) is 0 Å². The summed E-state index contributed by atoms with van der Waals surface area (Å²) in [6.07, 6.45) is 4.09. The number of aromatic nitrogens is 2. The Labute approximate surface area is 185 Å². The van der Waals surface area contributed by atoms with Crippen molar-refractivity contribution >= 4 is 45.5 Å². The molecule has 0 atom stereocenters. The summed E-state index contributed by atoms with van der Waals surface area (Å²) >= 11 is 6.13. The molecule has 0 unspecified atom stereocenters. The molecule has 156 valence electrons. The average Bonchev–Trinajstić information content (AvgIpc) is 2.79. The van der Waals surface area contributed by atoms with Crippen LogP contribution in [0, 0.1) is 0 Å². The lowest BCUT2D eigenvalue weighted by Crippen LogP contribution is -2.07. The standard InChI is InChI=1S/C24H21ClN4O2/c1-31-22-5-3-2-4-20(22)29-24-19(13-17(25)14-28-24)21(30)9-7-15-6-8-18-16(12-15)10-11-27-23(18)26/h2-6,8,10-14H,7,9H2,1H3,(H2,26,27)(H,28,29). The zero-order valence-corrected chi connectivity index (χ0v) is 17.7. The van der Waals surface area contributed by atoms with Gasteiger partial charge in [0, 0.05) is 24.2 Å². The van der Waals surface area contributed by atoms with Crippen molar-refractivity contribution in [2.75, 3.05) is 18.2 Å². The molecule has 7 heteroatoms. The van der Waals surface area contributed by atoms with Crippen molar-refractivity contribution in [2.45, 2.75) is 12.8 Å². The minimum Gasteiger partial charge on any atom is -0.495 e. The minimum absolute atomic E-state index is 0.0539. The van der Waals surface area contributed by atoms with Gasteiger partial charge in [-0.1, -0.05) is 41.9 Å². The fraction of sp³-hybridized carbons (Fsp3) is 0.125. The number of aryl methyl sites for hydroxylation is 1. The van der Waals surface area contributed by atoms with Gasteiger partial charge in [0.15, 0.2) is 5.78 Å². The molecule has 0 fully saturated rings. The van der Waals surface area contributed by atoms with E-state index in [0.717, 1.165) is 22.0 Å². The molecule has 0 amide bonds. The van der Waals surface area contributed by atoms with E-state index in [1.807, 2.05) is 48.5 Å². The van der Waals surface area contributed by atoms with E-state index in [2.05, 4.69) is 15.3 Å². The molecule has 2 aromatic carbocycles. The molecule has 0 saturated heterocycles. The lowest BCUT2D eigenvalue weighted by atomic mass is 10.0. The highest BCUT2D eigenvalue weighted by atomic mass is 35.5. The number of anilines is 3. The van der Waals surface area contributed by atoms with Crippen LogP contribution >= 0.6 is 11.6 Å². The van der Waals surface area contributed by atoms with E-state index in [1.165, 1.54) is 6.20 Å². The van der Waals surface area contributed by atoms with Crippen LogP contribution in [0.25, 0.3) is 10.8 Å². The second kappa shape index (κ2) is 9.02. The fourth-order valence-electron chi connectivity index (χ4n) is 3.43. The monoisotopic (exact) mass is 432 g/mol. The molecule has 0 aliphatic rings. The maximum absolute atomic E-state index is 13.1. The van der Waals surface area contributed by atoms with Gasteiger partial charge in [0.2, 0.25) is 0 Å². The van der Waals surface area contributed by atoms with E-state index in [-0.39, 0.29) is 5.78 Å². The van der Waals surface area contributed by atoms with Gasteiger partial charge >= 0.3 is 0 Å². The number of para-hydroxylation sites is 2. The van der Waals surface area contributed by atoms with Crippen molar-refractivity contribution in [1.29, 1.82) is 0 Å². The molecule has 6 nitrogen and oxygen atoms in total. The Morgan fingerprint density at radius 1 is 1.13 bits per heavy atom. The Bertz CT molecular complexity index is 1260. The molecule has 0 radical (unpaired) electrons. The van der Waals surface area contributed by atoms with E-state index in [4.69, 9.17) is 22.1 Å². The number of carbonyl (C=O) groups excluding carboxylic acids is 1. The van der Waals surface area contributed by atoms with E-state index >= 15 is 0 Å². The maximum atomic E-state index is 13.1. The van der Waals surface area contributed by atoms with Gasteiger partial charge in [-0.3, -0.25) is 4.79 Å². The Balaban J connectivity index is 1.55. The number of rotatable bonds is 7. The number of ether oxygens (including phenoxy) is 1. The first-order chi connectivity index (χ1) is 15.0. The predicted molar refractivity (Wildman–Crippen MR) is 124 cm³/mol. The normalized spacial score (nSPS) is 10.8. The third-order valence-corrected chi connectivity index (χ3v) is 5.22.